The lowest BCUT2D eigenvalue weighted by molar-refractivity contribution is -0.118. The molecule has 0 fully saturated rings. The van der Waals surface area contributed by atoms with Gasteiger partial charge in [0.1, 0.15) is 0 Å². The maximum atomic E-state index is 12.6. The molecule has 0 aliphatic rings. The standard InChI is InChI=1S/C30H24ClN5OS/c1-21(22-12-14-24(15-13-22)23-8-4-2-5-9-23)32-33-28(37)20-38-30-35-34-29(25-16-18-26(31)19-17-25)36(30)27-10-6-3-7-11-27/h2-19H,20H2,1H3,(H,33,37). The predicted octanol–water partition coefficient (Wildman–Crippen LogP) is 6.89. The molecule has 38 heavy (non-hydrogen) atoms. The summed E-state index contributed by atoms with van der Waals surface area (Å²) in [6, 6.07) is 35.5. The number of carbonyl (C=O) groups excluding carboxylic acids is 1. The number of thioether (sulfide) groups is 1. The molecule has 0 bridgehead atoms. The van der Waals surface area contributed by atoms with E-state index in [1.807, 2.05) is 96.4 Å². The van der Waals surface area contributed by atoms with Crippen LogP contribution in [0.3, 0.4) is 0 Å². The number of amides is 1. The van der Waals surface area contributed by atoms with Crippen LogP contribution in [0, 0.1) is 0 Å². The third kappa shape index (κ3) is 6.02. The fraction of sp³-hybridized carbons (Fsp3) is 0.0667. The van der Waals surface area contributed by atoms with Gasteiger partial charge in [-0.1, -0.05) is 96.2 Å². The van der Waals surface area contributed by atoms with E-state index in [1.165, 1.54) is 11.8 Å². The van der Waals surface area contributed by atoms with Crippen LogP contribution in [-0.2, 0) is 4.79 Å². The minimum absolute atomic E-state index is 0.134. The van der Waals surface area contributed by atoms with Gasteiger partial charge in [-0.25, -0.2) is 5.43 Å². The molecule has 1 amide bonds. The second kappa shape index (κ2) is 11.9. The third-order valence-electron chi connectivity index (χ3n) is 5.84. The van der Waals surface area contributed by atoms with E-state index in [0.29, 0.717) is 16.0 Å². The molecule has 5 rings (SSSR count). The number of hydrazone groups is 1. The fourth-order valence-electron chi connectivity index (χ4n) is 3.87. The Morgan fingerprint density at radius 3 is 2.11 bits per heavy atom. The highest BCUT2D eigenvalue weighted by atomic mass is 35.5. The van der Waals surface area contributed by atoms with Gasteiger partial charge in [0.05, 0.1) is 11.5 Å². The van der Waals surface area contributed by atoms with Gasteiger partial charge >= 0.3 is 0 Å². The normalized spacial score (nSPS) is 11.4. The van der Waals surface area contributed by atoms with E-state index >= 15 is 0 Å². The summed E-state index contributed by atoms with van der Waals surface area (Å²) in [6.07, 6.45) is 0. The first kappa shape index (κ1) is 25.4. The third-order valence-corrected chi connectivity index (χ3v) is 7.02. The molecule has 0 radical (unpaired) electrons. The Labute approximate surface area is 230 Å². The van der Waals surface area contributed by atoms with E-state index in [2.05, 4.69) is 45.0 Å². The summed E-state index contributed by atoms with van der Waals surface area (Å²) in [4.78, 5) is 12.6. The summed E-state index contributed by atoms with van der Waals surface area (Å²) in [7, 11) is 0. The largest absolute Gasteiger partial charge is 0.272 e. The van der Waals surface area contributed by atoms with Crippen LogP contribution in [-0.4, -0.2) is 32.1 Å². The SMILES string of the molecule is CC(=NNC(=O)CSc1nnc(-c2ccc(Cl)cc2)n1-c1ccccc1)c1ccc(-c2ccccc2)cc1. The number of para-hydroxylation sites is 1. The van der Waals surface area contributed by atoms with Gasteiger partial charge < -0.3 is 0 Å². The molecule has 0 unspecified atom stereocenters. The van der Waals surface area contributed by atoms with Crippen LogP contribution in [0.1, 0.15) is 12.5 Å². The van der Waals surface area contributed by atoms with Crippen molar-refractivity contribution in [2.75, 3.05) is 5.75 Å². The van der Waals surface area contributed by atoms with Crippen molar-refractivity contribution in [3.63, 3.8) is 0 Å². The van der Waals surface area contributed by atoms with Crippen molar-refractivity contribution in [2.24, 2.45) is 5.10 Å². The summed E-state index contributed by atoms with van der Waals surface area (Å²) < 4.78 is 1.93. The number of nitrogens with one attached hydrogen (secondary N) is 1. The van der Waals surface area contributed by atoms with Crippen molar-refractivity contribution in [3.05, 3.63) is 120 Å². The van der Waals surface area contributed by atoms with Gasteiger partial charge in [-0.05, 0) is 60.0 Å². The maximum absolute atomic E-state index is 12.6. The molecule has 0 atom stereocenters. The minimum atomic E-state index is -0.231. The lowest BCUT2D eigenvalue weighted by Gasteiger charge is -2.10. The van der Waals surface area contributed by atoms with Crippen molar-refractivity contribution in [2.45, 2.75) is 12.1 Å². The Morgan fingerprint density at radius 1 is 0.816 bits per heavy atom. The zero-order valence-electron chi connectivity index (χ0n) is 20.6. The van der Waals surface area contributed by atoms with Crippen molar-refractivity contribution >= 4 is 35.0 Å². The topological polar surface area (TPSA) is 72.2 Å². The minimum Gasteiger partial charge on any atom is -0.272 e. The number of hydrogen-bond acceptors (Lipinski definition) is 5. The average molecular weight is 538 g/mol. The molecule has 5 aromatic rings. The van der Waals surface area contributed by atoms with Crippen LogP contribution in [0.15, 0.2) is 119 Å². The molecule has 188 valence electrons. The first-order valence-corrected chi connectivity index (χ1v) is 13.3. The number of benzene rings is 4. The van der Waals surface area contributed by atoms with Gasteiger partial charge in [0.2, 0.25) is 0 Å². The van der Waals surface area contributed by atoms with Crippen molar-refractivity contribution in [3.8, 4) is 28.2 Å². The lowest BCUT2D eigenvalue weighted by Crippen LogP contribution is -2.21. The molecular formula is C30H24ClN5OS. The molecule has 0 saturated carbocycles. The molecule has 4 aromatic carbocycles. The van der Waals surface area contributed by atoms with Crippen LogP contribution in [0.25, 0.3) is 28.2 Å². The molecule has 8 heteroatoms. The summed E-state index contributed by atoms with van der Waals surface area (Å²) >= 11 is 7.36. The molecule has 0 aliphatic heterocycles. The number of carbonyl (C=O) groups is 1. The number of hydrogen-bond donors (Lipinski definition) is 1. The molecule has 1 N–H and O–H groups in total. The van der Waals surface area contributed by atoms with E-state index in [-0.39, 0.29) is 11.7 Å². The van der Waals surface area contributed by atoms with E-state index < -0.39 is 0 Å². The number of rotatable bonds is 8. The molecule has 1 aromatic heterocycles. The molecular weight excluding hydrogens is 514 g/mol. The smallest absolute Gasteiger partial charge is 0.250 e. The number of aromatic nitrogens is 3. The quantitative estimate of drug-likeness (QED) is 0.133. The average Bonchev–Trinajstić information content (AvgIpc) is 3.40. The highest BCUT2D eigenvalue weighted by Gasteiger charge is 2.17. The predicted molar refractivity (Wildman–Crippen MR) is 155 cm³/mol. The summed E-state index contributed by atoms with van der Waals surface area (Å²) in [5.41, 5.74) is 8.38. The highest BCUT2D eigenvalue weighted by Crippen LogP contribution is 2.28. The van der Waals surface area contributed by atoms with E-state index in [4.69, 9.17) is 11.6 Å². The van der Waals surface area contributed by atoms with Gasteiger partial charge in [-0.2, -0.15) is 5.10 Å². The maximum Gasteiger partial charge on any atom is 0.250 e. The summed E-state index contributed by atoms with van der Waals surface area (Å²) in [6.45, 7) is 1.87. The van der Waals surface area contributed by atoms with Crippen LogP contribution in [0.2, 0.25) is 5.02 Å². The zero-order valence-corrected chi connectivity index (χ0v) is 22.2. The molecule has 6 nitrogen and oxygen atoms in total. The van der Waals surface area contributed by atoms with E-state index in [9.17, 15) is 4.79 Å². The van der Waals surface area contributed by atoms with E-state index in [1.54, 1.807) is 0 Å². The zero-order chi connectivity index (χ0) is 26.3. The van der Waals surface area contributed by atoms with Crippen molar-refractivity contribution in [1.82, 2.24) is 20.2 Å². The van der Waals surface area contributed by atoms with Crippen LogP contribution < -0.4 is 5.43 Å². The Hall–Kier alpha value is -4.20. The molecule has 0 spiro atoms. The van der Waals surface area contributed by atoms with Gasteiger partial charge in [0.25, 0.3) is 5.91 Å². The number of halogens is 1. The molecule has 0 aliphatic carbocycles. The van der Waals surface area contributed by atoms with E-state index in [0.717, 1.165) is 33.7 Å². The monoisotopic (exact) mass is 537 g/mol. The fourth-order valence-corrected chi connectivity index (χ4v) is 4.74. The van der Waals surface area contributed by atoms with Gasteiger partial charge in [0, 0.05) is 16.3 Å². The second-order valence-corrected chi connectivity index (χ2v) is 9.83. The lowest BCUT2D eigenvalue weighted by atomic mass is 10.0. The van der Waals surface area contributed by atoms with Gasteiger partial charge in [-0.3, -0.25) is 9.36 Å². The Bertz CT molecular complexity index is 1550. The van der Waals surface area contributed by atoms with Crippen LogP contribution in [0.4, 0.5) is 0 Å². The van der Waals surface area contributed by atoms with Gasteiger partial charge in [0.15, 0.2) is 11.0 Å². The Morgan fingerprint density at radius 2 is 1.42 bits per heavy atom. The number of nitrogens with zero attached hydrogens (tertiary/aromatic N) is 4. The molecule has 0 saturated heterocycles. The molecule has 1 heterocycles. The van der Waals surface area contributed by atoms with Crippen LogP contribution in [0.5, 0.6) is 0 Å². The summed E-state index contributed by atoms with van der Waals surface area (Å²) in [5, 5.41) is 14.3. The highest BCUT2D eigenvalue weighted by molar-refractivity contribution is 7.99. The first-order valence-electron chi connectivity index (χ1n) is 12.0. The summed E-state index contributed by atoms with van der Waals surface area (Å²) in [5.74, 6) is 0.574. The Kier molecular flexibility index (Phi) is 7.97. The van der Waals surface area contributed by atoms with Crippen molar-refractivity contribution in [1.29, 1.82) is 0 Å². The second-order valence-electron chi connectivity index (χ2n) is 8.45. The Balaban J connectivity index is 1.27. The first-order chi connectivity index (χ1) is 18.6. The van der Waals surface area contributed by atoms with Crippen LogP contribution >= 0.6 is 23.4 Å². The van der Waals surface area contributed by atoms with Gasteiger partial charge in [-0.15, -0.1) is 10.2 Å². The van der Waals surface area contributed by atoms with Crippen molar-refractivity contribution < 1.29 is 4.79 Å².